The lowest BCUT2D eigenvalue weighted by atomic mass is 9.98. The Morgan fingerprint density at radius 3 is 1.58 bits per heavy atom. The number of alkyl halides is 9. The summed E-state index contributed by atoms with van der Waals surface area (Å²) >= 11 is 32.8. The molecule has 0 aliphatic carbocycles. The molecule has 1 atom stereocenters. The summed E-state index contributed by atoms with van der Waals surface area (Å²) in [4.78, 5) is 0. The molecular weight excluding hydrogens is 839 g/mol. The number of hydrogen-bond donors (Lipinski definition) is 0. The molecule has 1 aromatic rings. The molecule has 0 N–H and O–H groups in total. The first-order chi connectivity index (χ1) is 8.36. The van der Waals surface area contributed by atoms with E-state index in [0.717, 1.165) is 5.56 Å². The van der Waals surface area contributed by atoms with E-state index >= 15 is 0 Å². The van der Waals surface area contributed by atoms with Crippen LogP contribution in [0.15, 0.2) is 24.3 Å². The van der Waals surface area contributed by atoms with Crippen molar-refractivity contribution < 1.29 is 0 Å². The highest BCUT2D eigenvalue weighted by Gasteiger charge is 2.65. The van der Waals surface area contributed by atoms with Crippen molar-refractivity contribution in [1.82, 2.24) is 0 Å². The van der Waals surface area contributed by atoms with Gasteiger partial charge >= 0.3 is 0 Å². The lowest BCUT2D eigenvalue weighted by molar-refractivity contribution is 0.648. The number of halogens is 9. The van der Waals surface area contributed by atoms with Gasteiger partial charge in [0.25, 0.3) is 0 Å². The Labute approximate surface area is 188 Å². The molecule has 0 bridgehead atoms. The molecule has 9 heteroatoms. The van der Waals surface area contributed by atoms with Crippen LogP contribution in [0.4, 0.5) is 0 Å². The normalized spacial score (nSPS) is 17.1. The molecule has 0 spiro atoms. The quantitative estimate of drug-likeness (QED) is 0.264. The predicted octanol–water partition coefficient (Wildman–Crippen LogP) is 8.24. The Kier molecular flexibility index (Phi) is 7.79. The molecule has 19 heavy (non-hydrogen) atoms. The van der Waals surface area contributed by atoms with Gasteiger partial charge in [0.15, 0.2) is 4.29 Å². The van der Waals surface area contributed by atoms with E-state index < -0.39 is 11.8 Å². The molecule has 1 radical (unpaired) electrons. The Hall–Kier alpha value is 3.54. The summed E-state index contributed by atoms with van der Waals surface area (Å²) in [5, 5.41) is 0. The largest absolute Gasteiger partial charge is 0.161 e. The predicted molar refractivity (Wildman–Crippen MR) is 115 cm³/mol. The average molecular weight is 843 g/mol. The molecule has 1 unspecified atom stereocenters. The van der Waals surface area contributed by atoms with Gasteiger partial charge in [-0.25, -0.2) is 0 Å². The van der Waals surface area contributed by atoms with Crippen molar-refractivity contribution in [3.63, 3.8) is 0 Å². The summed E-state index contributed by atoms with van der Waals surface area (Å²) < 4.78 is -2.70. The Morgan fingerprint density at radius 2 is 1.26 bits per heavy atom. The van der Waals surface area contributed by atoms with Gasteiger partial charge in [0, 0.05) is 0 Å². The molecule has 1 aromatic carbocycles. The highest BCUT2D eigenvalue weighted by atomic mass is 80.0. The Bertz CT molecular complexity index is 431. The van der Waals surface area contributed by atoms with Crippen LogP contribution in [0.3, 0.4) is 0 Å². The molecule has 0 aromatic heterocycles. The van der Waals surface area contributed by atoms with Crippen LogP contribution in [-0.4, -0.2) is 7.52 Å². The first-order valence-electron chi connectivity index (χ1n) is 4.53. The van der Waals surface area contributed by atoms with E-state index in [9.17, 15) is 0 Å². The first kappa shape index (κ1) is 20.6. The van der Waals surface area contributed by atoms with Crippen LogP contribution in [-0.2, 0) is 4.32 Å². The van der Waals surface area contributed by atoms with Crippen molar-refractivity contribution in [2.75, 3.05) is 0 Å². The van der Waals surface area contributed by atoms with Crippen molar-refractivity contribution in [3.05, 3.63) is 35.9 Å². The fourth-order valence-electron chi connectivity index (χ4n) is 1.30. The minimum atomic E-state index is -0.700. The third-order valence-corrected chi connectivity index (χ3v) is 15.7. The first-order valence-corrected chi connectivity index (χ1v) is 11.7. The molecule has 107 valence electrons. The fraction of sp³-hybridized carbons (Fsp3) is 0.400. The van der Waals surface area contributed by atoms with Crippen LogP contribution in [0.1, 0.15) is 5.56 Å². The van der Waals surface area contributed by atoms with Crippen LogP contribution in [0.5, 0.6) is 0 Å². The Balaban J connectivity index is 3.57. The lowest BCUT2D eigenvalue weighted by Crippen LogP contribution is -2.53. The monoisotopic (exact) mass is 834 g/mol. The molecule has 0 nitrogen and oxygen atoms in total. The van der Waals surface area contributed by atoms with Gasteiger partial charge in [-0.2, -0.15) is 0 Å². The van der Waals surface area contributed by atoms with Crippen molar-refractivity contribution in [3.8, 4) is 0 Å². The molecule has 0 aliphatic heterocycles. The second kappa shape index (κ2) is 7.19. The van der Waals surface area contributed by atoms with E-state index in [2.05, 4.69) is 149 Å². The maximum atomic E-state index is 3.82. The minimum Gasteiger partial charge on any atom is -0.0740 e. The van der Waals surface area contributed by atoms with E-state index in [1.54, 1.807) is 0 Å². The molecular formula is C10H4Br9. The maximum absolute atomic E-state index is 3.82. The van der Waals surface area contributed by atoms with Crippen LogP contribution >= 0.6 is 143 Å². The van der Waals surface area contributed by atoms with Crippen molar-refractivity contribution in [2.24, 2.45) is 0 Å². The van der Waals surface area contributed by atoms with Gasteiger partial charge in [0.2, 0.25) is 0 Å². The zero-order chi connectivity index (χ0) is 15.1. The van der Waals surface area contributed by atoms with Gasteiger partial charge in [-0.3, -0.25) is 0 Å². The van der Waals surface area contributed by atoms with Gasteiger partial charge in [0.1, 0.15) is 7.56 Å². The van der Waals surface area contributed by atoms with Gasteiger partial charge in [-0.15, -0.1) is 0 Å². The highest BCUT2D eigenvalue weighted by molar-refractivity contribution is 9.42. The number of rotatable bonds is 2. The van der Waals surface area contributed by atoms with E-state index in [4.69, 9.17) is 0 Å². The van der Waals surface area contributed by atoms with E-state index in [-0.39, 0.29) is 0 Å². The van der Waals surface area contributed by atoms with Crippen molar-refractivity contribution >= 4 is 143 Å². The minimum absolute atomic E-state index is 0.645. The summed E-state index contributed by atoms with van der Waals surface area (Å²) in [5.74, 6) is 0. The van der Waals surface area contributed by atoms with Crippen LogP contribution in [0.2, 0.25) is 0 Å². The molecule has 0 heterocycles. The average Bonchev–Trinajstić information content (AvgIpc) is 2.25. The van der Waals surface area contributed by atoms with Gasteiger partial charge in [0.05, 0.1) is 0 Å². The summed E-state index contributed by atoms with van der Waals surface area (Å²) in [6, 6.07) is 10.9. The lowest BCUT2D eigenvalue weighted by Gasteiger charge is -2.48. The van der Waals surface area contributed by atoms with Gasteiger partial charge < -0.3 is 0 Å². The molecule has 0 saturated carbocycles. The van der Waals surface area contributed by atoms with Crippen LogP contribution in [0.25, 0.3) is 0 Å². The summed E-state index contributed by atoms with van der Waals surface area (Å²) in [6.45, 7) is 0. The second-order valence-corrected chi connectivity index (χ2v) is 21.7. The SMILES string of the molecule is BrC(Br)(Br)C(Br)(Br)C(Br)(c1[c]cccc1)C(Br)(Br)Br. The topological polar surface area (TPSA) is 0 Å². The molecule has 0 saturated heterocycles. The smallest absolute Gasteiger partial charge is 0.0740 e. The number of benzene rings is 1. The zero-order valence-corrected chi connectivity index (χ0v) is 23.0. The maximum Gasteiger partial charge on any atom is 0.161 e. The van der Waals surface area contributed by atoms with Crippen LogP contribution < -0.4 is 0 Å². The summed E-state index contributed by atoms with van der Waals surface area (Å²) in [6.07, 6.45) is 0. The molecule has 0 amide bonds. The second-order valence-electron chi connectivity index (χ2n) is 3.50. The summed E-state index contributed by atoms with van der Waals surface area (Å²) in [7, 11) is 0. The van der Waals surface area contributed by atoms with E-state index in [1.807, 2.05) is 24.3 Å². The van der Waals surface area contributed by atoms with Crippen LogP contribution in [0, 0.1) is 6.07 Å². The van der Waals surface area contributed by atoms with E-state index in [1.165, 1.54) is 0 Å². The third kappa shape index (κ3) is 4.15. The molecule has 1 rings (SSSR count). The van der Waals surface area contributed by atoms with E-state index in [0.29, 0.717) is 0 Å². The van der Waals surface area contributed by atoms with Crippen molar-refractivity contribution in [2.45, 2.75) is 11.8 Å². The highest BCUT2D eigenvalue weighted by Crippen LogP contribution is 2.71. The number of hydrogen-bond acceptors (Lipinski definition) is 0. The van der Waals surface area contributed by atoms with Gasteiger partial charge in [-0.05, 0) is 11.6 Å². The standard InChI is InChI=1S/C10H4Br9/c11-7(9(14,15)16,6-4-2-1-3-5-6)8(12,13)10(17,18)19/h1-4H. The van der Waals surface area contributed by atoms with Gasteiger partial charge in [-0.1, -0.05) is 168 Å². The fourth-order valence-corrected chi connectivity index (χ4v) is 7.69. The summed E-state index contributed by atoms with van der Waals surface area (Å²) in [5.41, 5.74) is 0.914. The van der Waals surface area contributed by atoms with Crippen molar-refractivity contribution in [1.29, 1.82) is 0 Å². The molecule has 0 fully saturated rings. The third-order valence-electron chi connectivity index (χ3n) is 2.26. The molecule has 0 aliphatic rings. The zero-order valence-electron chi connectivity index (χ0n) is 8.71. The Morgan fingerprint density at radius 1 is 0.737 bits per heavy atom.